The van der Waals surface area contributed by atoms with Crippen LogP contribution in [-0.2, 0) is 27.7 Å². The molecule has 8 heteroatoms. The first-order valence-corrected chi connectivity index (χ1v) is 13.7. The van der Waals surface area contributed by atoms with Crippen LogP contribution < -0.4 is 14.4 Å². The van der Waals surface area contributed by atoms with Crippen LogP contribution in [0.25, 0.3) is 0 Å². The second kappa shape index (κ2) is 12.1. The molecule has 36 heavy (non-hydrogen) atoms. The molecule has 0 radical (unpaired) electrons. The molecule has 1 N–H and O–H groups in total. The number of carbonyl (C=O) groups excluding carboxylic acids is 1. The third-order valence-electron chi connectivity index (χ3n) is 6.48. The zero-order valence-electron chi connectivity index (χ0n) is 20.6. The van der Waals surface area contributed by atoms with Gasteiger partial charge in [-0.25, -0.2) is 13.1 Å². The van der Waals surface area contributed by atoms with Gasteiger partial charge in [0.15, 0.2) is 0 Å². The lowest BCUT2D eigenvalue weighted by atomic mass is 10.1. The molecule has 0 bridgehead atoms. The molecule has 1 heterocycles. The van der Waals surface area contributed by atoms with Crippen LogP contribution in [0, 0.1) is 0 Å². The van der Waals surface area contributed by atoms with Crippen LogP contribution >= 0.6 is 0 Å². The lowest BCUT2D eigenvalue weighted by Gasteiger charge is -2.36. The van der Waals surface area contributed by atoms with Crippen molar-refractivity contribution in [2.75, 3.05) is 44.7 Å². The second-order valence-corrected chi connectivity index (χ2v) is 10.6. The van der Waals surface area contributed by atoms with Gasteiger partial charge in [0.05, 0.1) is 12.0 Å². The summed E-state index contributed by atoms with van der Waals surface area (Å²) in [7, 11) is -1.91. The Labute approximate surface area is 213 Å². The molecule has 4 rings (SSSR count). The van der Waals surface area contributed by atoms with Gasteiger partial charge in [-0.05, 0) is 60.4 Å². The van der Waals surface area contributed by atoms with E-state index in [-0.39, 0.29) is 10.8 Å². The van der Waals surface area contributed by atoms with E-state index < -0.39 is 10.0 Å². The Morgan fingerprint density at radius 1 is 0.833 bits per heavy atom. The number of piperazine rings is 1. The van der Waals surface area contributed by atoms with Crippen molar-refractivity contribution in [1.82, 2.24) is 9.62 Å². The van der Waals surface area contributed by atoms with E-state index in [1.54, 1.807) is 31.4 Å². The van der Waals surface area contributed by atoms with Crippen LogP contribution in [-0.4, -0.2) is 59.1 Å². The summed E-state index contributed by atoms with van der Waals surface area (Å²) in [5, 5.41) is 0. The predicted molar refractivity (Wildman–Crippen MR) is 142 cm³/mol. The van der Waals surface area contributed by atoms with Gasteiger partial charge in [0.2, 0.25) is 15.9 Å². The zero-order valence-corrected chi connectivity index (χ0v) is 21.4. The number of methoxy groups -OCH3 is 1. The normalized spacial score (nSPS) is 14.0. The number of sulfonamides is 1. The van der Waals surface area contributed by atoms with Crippen LogP contribution in [0.15, 0.2) is 83.8 Å². The van der Waals surface area contributed by atoms with Crippen LogP contribution in [0.3, 0.4) is 0 Å². The van der Waals surface area contributed by atoms with Crippen molar-refractivity contribution in [3.05, 3.63) is 90.0 Å². The molecule has 0 saturated carbocycles. The summed E-state index contributed by atoms with van der Waals surface area (Å²) in [5.74, 6) is 0.959. The summed E-state index contributed by atoms with van der Waals surface area (Å²) in [6.07, 6.45) is 1.62. The van der Waals surface area contributed by atoms with Crippen molar-refractivity contribution >= 4 is 21.6 Å². The third-order valence-corrected chi connectivity index (χ3v) is 7.96. The molecule has 3 aromatic rings. The average molecular weight is 508 g/mol. The minimum Gasteiger partial charge on any atom is -0.497 e. The Kier molecular flexibility index (Phi) is 8.61. The highest BCUT2D eigenvalue weighted by atomic mass is 32.2. The maximum atomic E-state index is 12.7. The Morgan fingerprint density at radius 2 is 1.47 bits per heavy atom. The van der Waals surface area contributed by atoms with Crippen molar-refractivity contribution < 1.29 is 17.9 Å². The summed E-state index contributed by atoms with van der Waals surface area (Å²) in [5.41, 5.74) is 3.17. The van der Waals surface area contributed by atoms with Crippen molar-refractivity contribution in [3.63, 3.8) is 0 Å². The second-order valence-electron chi connectivity index (χ2n) is 8.84. The largest absolute Gasteiger partial charge is 0.497 e. The monoisotopic (exact) mass is 507 g/mol. The smallest absolute Gasteiger partial charge is 0.240 e. The number of rotatable bonds is 10. The maximum Gasteiger partial charge on any atom is 0.240 e. The van der Waals surface area contributed by atoms with Gasteiger partial charge in [-0.2, -0.15) is 0 Å². The number of ether oxygens (including phenoxy) is 1. The SMILES string of the molecule is COc1ccc(N2CCN(C(=O)CCc3ccc(S(=O)(=O)NCCc4ccccc4)cc3)CC2)cc1. The number of amides is 1. The number of nitrogens with zero attached hydrogens (tertiary/aromatic N) is 2. The predicted octanol–water partition coefficient (Wildman–Crippen LogP) is 3.50. The molecular weight excluding hydrogens is 474 g/mol. The van der Waals surface area contributed by atoms with E-state index >= 15 is 0 Å². The molecule has 1 fully saturated rings. The van der Waals surface area contributed by atoms with Gasteiger partial charge in [0.25, 0.3) is 0 Å². The Bertz CT molecular complexity index is 1220. The molecule has 1 aliphatic heterocycles. The highest BCUT2D eigenvalue weighted by Crippen LogP contribution is 2.21. The summed E-state index contributed by atoms with van der Waals surface area (Å²) < 4.78 is 33.0. The van der Waals surface area contributed by atoms with E-state index in [0.717, 1.165) is 35.7 Å². The van der Waals surface area contributed by atoms with Crippen LogP contribution in [0.1, 0.15) is 17.5 Å². The highest BCUT2D eigenvalue weighted by molar-refractivity contribution is 7.89. The Hall–Kier alpha value is -3.36. The summed E-state index contributed by atoms with van der Waals surface area (Å²) in [6, 6.07) is 24.6. The molecule has 0 unspecified atom stereocenters. The van der Waals surface area contributed by atoms with E-state index in [1.165, 1.54) is 0 Å². The summed E-state index contributed by atoms with van der Waals surface area (Å²) >= 11 is 0. The molecule has 0 atom stereocenters. The number of benzene rings is 3. The van der Waals surface area contributed by atoms with E-state index in [9.17, 15) is 13.2 Å². The molecule has 0 spiro atoms. The zero-order chi connectivity index (χ0) is 25.4. The van der Waals surface area contributed by atoms with Crippen molar-refractivity contribution in [1.29, 1.82) is 0 Å². The Balaban J connectivity index is 1.21. The first kappa shape index (κ1) is 25.7. The lowest BCUT2D eigenvalue weighted by molar-refractivity contribution is -0.131. The topological polar surface area (TPSA) is 79.0 Å². The standard InChI is InChI=1S/C28H33N3O4S/c1-35-26-12-10-25(11-13-26)30-19-21-31(22-20-30)28(32)16-9-24-7-14-27(15-8-24)36(33,34)29-18-17-23-5-3-2-4-6-23/h2-8,10-15,29H,9,16-22H2,1H3. The van der Waals surface area contributed by atoms with E-state index in [4.69, 9.17) is 4.74 Å². The molecule has 3 aromatic carbocycles. The van der Waals surface area contributed by atoms with Crippen molar-refractivity contribution in [2.24, 2.45) is 0 Å². The fourth-order valence-electron chi connectivity index (χ4n) is 4.31. The molecule has 1 saturated heterocycles. The van der Waals surface area contributed by atoms with Gasteiger partial charge in [-0.15, -0.1) is 0 Å². The van der Waals surface area contributed by atoms with E-state index in [2.05, 4.69) is 9.62 Å². The quantitative estimate of drug-likeness (QED) is 0.455. The van der Waals surface area contributed by atoms with Crippen molar-refractivity contribution in [2.45, 2.75) is 24.2 Å². The van der Waals surface area contributed by atoms with Crippen LogP contribution in [0.4, 0.5) is 5.69 Å². The van der Waals surface area contributed by atoms with Gasteiger partial charge < -0.3 is 14.5 Å². The minimum atomic E-state index is -3.56. The average Bonchev–Trinajstić information content (AvgIpc) is 2.92. The number of aryl methyl sites for hydroxylation is 1. The molecule has 1 aliphatic rings. The molecule has 190 valence electrons. The summed E-state index contributed by atoms with van der Waals surface area (Å²) in [4.78, 5) is 17.2. The lowest BCUT2D eigenvalue weighted by Crippen LogP contribution is -2.48. The number of nitrogens with one attached hydrogen (secondary N) is 1. The molecule has 1 amide bonds. The number of hydrogen-bond donors (Lipinski definition) is 1. The minimum absolute atomic E-state index is 0.128. The number of carbonyl (C=O) groups is 1. The van der Waals surface area contributed by atoms with E-state index in [0.29, 0.717) is 38.9 Å². The van der Waals surface area contributed by atoms with E-state index in [1.807, 2.05) is 59.5 Å². The Morgan fingerprint density at radius 3 is 2.11 bits per heavy atom. The van der Waals surface area contributed by atoms with Gasteiger partial charge in [-0.3, -0.25) is 4.79 Å². The van der Waals surface area contributed by atoms with Crippen LogP contribution in [0.5, 0.6) is 5.75 Å². The highest BCUT2D eigenvalue weighted by Gasteiger charge is 2.21. The van der Waals surface area contributed by atoms with Gasteiger partial charge >= 0.3 is 0 Å². The molecule has 7 nitrogen and oxygen atoms in total. The first-order chi connectivity index (χ1) is 17.4. The third kappa shape index (κ3) is 6.86. The van der Waals surface area contributed by atoms with Crippen LogP contribution in [0.2, 0.25) is 0 Å². The van der Waals surface area contributed by atoms with Gasteiger partial charge in [-0.1, -0.05) is 42.5 Å². The van der Waals surface area contributed by atoms with Gasteiger partial charge in [0, 0.05) is 44.8 Å². The molecular formula is C28H33N3O4S. The van der Waals surface area contributed by atoms with Crippen molar-refractivity contribution in [3.8, 4) is 5.75 Å². The fraction of sp³-hybridized carbons (Fsp3) is 0.321. The summed E-state index contributed by atoms with van der Waals surface area (Å²) in [6.45, 7) is 3.31. The van der Waals surface area contributed by atoms with Gasteiger partial charge in [0.1, 0.15) is 5.75 Å². The maximum absolute atomic E-state index is 12.7. The molecule has 0 aliphatic carbocycles. The number of hydrogen-bond acceptors (Lipinski definition) is 5. The first-order valence-electron chi connectivity index (χ1n) is 12.2. The fourth-order valence-corrected chi connectivity index (χ4v) is 5.34. The molecule has 0 aromatic heterocycles. The number of anilines is 1.